The molecule has 7 nitrogen and oxygen atoms in total. The van der Waals surface area contributed by atoms with Gasteiger partial charge in [-0.15, -0.1) is 5.10 Å². The van der Waals surface area contributed by atoms with Gasteiger partial charge < -0.3 is 10.2 Å². The average Bonchev–Trinajstić information content (AvgIpc) is 3.25. The molecular formula is C24H20ClN5O2. The summed E-state index contributed by atoms with van der Waals surface area (Å²) >= 11 is 5.95. The van der Waals surface area contributed by atoms with Crippen molar-refractivity contribution in [1.29, 1.82) is 0 Å². The van der Waals surface area contributed by atoms with Crippen molar-refractivity contribution in [2.24, 2.45) is 0 Å². The Balaban J connectivity index is 1.56. The van der Waals surface area contributed by atoms with Gasteiger partial charge in [0.25, 0.3) is 5.91 Å². The van der Waals surface area contributed by atoms with Crippen molar-refractivity contribution in [3.8, 4) is 17.1 Å². The van der Waals surface area contributed by atoms with E-state index in [-0.39, 0.29) is 18.3 Å². The van der Waals surface area contributed by atoms with E-state index in [9.17, 15) is 9.59 Å². The second-order valence-electron chi connectivity index (χ2n) is 7.09. The predicted molar refractivity (Wildman–Crippen MR) is 124 cm³/mol. The number of halogens is 1. The van der Waals surface area contributed by atoms with Crippen molar-refractivity contribution in [2.75, 3.05) is 18.9 Å². The highest BCUT2D eigenvalue weighted by atomic mass is 35.5. The van der Waals surface area contributed by atoms with Crippen molar-refractivity contribution in [1.82, 2.24) is 19.7 Å². The minimum absolute atomic E-state index is 0.00533. The van der Waals surface area contributed by atoms with Crippen LogP contribution in [0.3, 0.4) is 0 Å². The maximum atomic E-state index is 13.0. The van der Waals surface area contributed by atoms with Gasteiger partial charge >= 0.3 is 0 Å². The Morgan fingerprint density at radius 2 is 1.66 bits per heavy atom. The van der Waals surface area contributed by atoms with Crippen molar-refractivity contribution < 1.29 is 9.59 Å². The van der Waals surface area contributed by atoms with Crippen LogP contribution in [0, 0.1) is 0 Å². The second kappa shape index (κ2) is 9.45. The molecule has 3 aromatic carbocycles. The molecule has 160 valence electrons. The summed E-state index contributed by atoms with van der Waals surface area (Å²) in [6.07, 6.45) is 0. The van der Waals surface area contributed by atoms with E-state index in [1.165, 1.54) is 11.9 Å². The molecule has 0 radical (unpaired) electrons. The first-order valence-corrected chi connectivity index (χ1v) is 10.3. The summed E-state index contributed by atoms with van der Waals surface area (Å²) in [6.45, 7) is -0.161. The summed E-state index contributed by atoms with van der Waals surface area (Å²) in [6, 6.07) is 25.8. The first-order valence-electron chi connectivity index (χ1n) is 9.90. The van der Waals surface area contributed by atoms with Crippen molar-refractivity contribution >= 4 is 29.1 Å². The van der Waals surface area contributed by atoms with Crippen LogP contribution >= 0.6 is 11.6 Å². The molecular weight excluding hydrogens is 426 g/mol. The summed E-state index contributed by atoms with van der Waals surface area (Å²) in [5.74, 6) is -0.269. The van der Waals surface area contributed by atoms with Gasteiger partial charge in [0, 0.05) is 23.3 Å². The molecule has 0 spiro atoms. The van der Waals surface area contributed by atoms with Gasteiger partial charge in [0.2, 0.25) is 11.7 Å². The lowest BCUT2D eigenvalue weighted by atomic mass is 10.2. The van der Waals surface area contributed by atoms with Crippen LogP contribution in [0.5, 0.6) is 0 Å². The van der Waals surface area contributed by atoms with E-state index in [1.807, 2.05) is 60.7 Å². The van der Waals surface area contributed by atoms with E-state index >= 15 is 0 Å². The van der Waals surface area contributed by atoms with Crippen LogP contribution in [-0.4, -0.2) is 45.1 Å². The molecule has 0 aliphatic rings. The second-order valence-corrected chi connectivity index (χ2v) is 7.53. The molecule has 1 heterocycles. The summed E-state index contributed by atoms with van der Waals surface area (Å²) in [4.78, 5) is 31.2. The molecule has 0 bridgehead atoms. The molecule has 0 fully saturated rings. The molecule has 1 aromatic heterocycles. The Kier molecular flexibility index (Phi) is 6.28. The lowest BCUT2D eigenvalue weighted by molar-refractivity contribution is -0.116. The maximum Gasteiger partial charge on any atom is 0.293 e. The minimum Gasteiger partial charge on any atom is -0.330 e. The molecule has 0 aliphatic heterocycles. The lowest BCUT2D eigenvalue weighted by Gasteiger charge is -2.15. The molecule has 8 heteroatoms. The Labute approximate surface area is 190 Å². The number of likely N-dealkylation sites (N-methyl/N-ethyl adjacent to an activating group) is 1. The number of nitrogens with zero attached hydrogens (tertiary/aromatic N) is 4. The first kappa shape index (κ1) is 21.3. The number of benzene rings is 3. The molecule has 4 aromatic rings. The van der Waals surface area contributed by atoms with Crippen molar-refractivity contribution in [3.63, 3.8) is 0 Å². The van der Waals surface area contributed by atoms with Gasteiger partial charge in [0.15, 0.2) is 5.82 Å². The zero-order valence-electron chi connectivity index (χ0n) is 17.3. The molecule has 0 aliphatic carbocycles. The highest BCUT2D eigenvalue weighted by molar-refractivity contribution is 6.30. The lowest BCUT2D eigenvalue weighted by Crippen LogP contribution is -2.35. The van der Waals surface area contributed by atoms with Crippen LogP contribution in [-0.2, 0) is 4.79 Å². The zero-order valence-corrected chi connectivity index (χ0v) is 18.0. The van der Waals surface area contributed by atoms with E-state index in [1.54, 1.807) is 28.9 Å². The van der Waals surface area contributed by atoms with E-state index in [2.05, 4.69) is 15.4 Å². The minimum atomic E-state index is -0.460. The Hall–Kier alpha value is -3.97. The molecule has 0 saturated carbocycles. The SMILES string of the molecule is CN(CC(=O)Nc1cccc(Cl)c1)C(=O)c1nc(-c2ccccc2)n(-c2ccccc2)n1. The number of carbonyl (C=O) groups is 2. The maximum absolute atomic E-state index is 13.0. The van der Waals surface area contributed by atoms with Gasteiger partial charge in [-0.3, -0.25) is 9.59 Å². The summed E-state index contributed by atoms with van der Waals surface area (Å²) in [5, 5.41) is 7.68. The highest BCUT2D eigenvalue weighted by Crippen LogP contribution is 2.21. The van der Waals surface area contributed by atoms with Crippen molar-refractivity contribution in [3.05, 3.63) is 95.8 Å². The number of nitrogens with one attached hydrogen (secondary N) is 1. The fraction of sp³-hybridized carbons (Fsp3) is 0.0833. The summed E-state index contributed by atoms with van der Waals surface area (Å²) in [5.41, 5.74) is 2.16. The van der Waals surface area contributed by atoms with E-state index < -0.39 is 5.91 Å². The number of hydrogen-bond acceptors (Lipinski definition) is 4. The van der Waals surface area contributed by atoms with E-state index in [0.29, 0.717) is 16.5 Å². The largest absolute Gasteiger partial charge is 0.330 e. The smallest absolute Gasteiger partial charge is 0.293 e. The Morgan fingerprint density at radius 1 is 0.969 bits per heavy atom. The third kappa shape index (κ3) is 4.84. The number of amides is 2. The number of carbonyl (C=O) groups excluding carboxylic acids is 2. The van der Waals surface area contributed by atoms with Crippen LogP contribution in [0.15, 0.2) is 84.9 Å². The van der Waals surface area contributed by atoms with Crippen molar-refractivity contribution in [2.45, 2.75) is 0 Å². The van der Waals surface area contributed by atoms with E-state index in [4.69, 9.17) is 11.6 Å². The molecule has 0 atom stereocenters. The molecule has 0 saturated heterocycles. The van der Waals surface area contributed by atoms with Gasteiger partial charge in [-0.05, 0) is 30.3 Å². The zero-order chi connectivity index (χ0) is 22.5. The monoisotopic (exact) mass is 445 g/mol. The first-order chi connectivity index (χ1) is 15.5. The summed E-state index contributed by atoms with van der Waals surface area (Å²) in [7, 11) is 1.53. The standard InChI is InChI=1S/C24H20ClN5O2/c1-29(16-21(31)26-19-12-8-11-18(25)15-19)24(32)22-27-23(17-9-4-2-5-10-17)30(28-22)20-13-6-3-7-14-20/h2-15H,16H2,1H3,(H,26,31). The third-order valence-electron chi connectivity index (χ3n) is 4.67. The van der Waals surface area contributed by atoms with Gasteiger partial charge in [-0.1, -0.05) is 66.2 Å². The Morgan fingerprint density at radius 3 is 2.34 bits per heavy atom. The number of aromatic nitrogens is 3. The van der Waals surface area contributed by atoms with Crippen LogP contribution in [0.2, 0.25) is 5.02 Å². The molecule has 0 unspecified atom stereocenters. The fourth-order valence-electron chi connectivity index (χ4n) is 3.15. The van der Waals surface area contributed by atoms with Crippen LogP contribution in [0.1, 0.15) is 10.6 Å². The van der Waals surface area contributed by atoms with E-state index in [0.717, 1.165) is 11.3 Å². The number of anilines is 1. The van der Waals surface area contributed by atoms with Gasteiger partial charge in [0.05, 0.1) is 12.2 Å². The van der Waals surface area contributed by atoms with Gasteiger partial charge in [-0.2, -0.15) is 0 Å². The quantitative estimate of drug-likeness (QED) is 0.480. The number of para-hydroxylation sites is 1. The third-order valence-corrected chi connectivity index (χ3v) is 4.90. The number of hydrogen-bond donors (Lipinski definition) is 1. The van der Waals surface area contributed by atoms with Gasteiger partial charge in [-0.25, -0.2) is 9.67 Å². The predicted octanol–water partition coefficient (Wildman–Crippen LogP) is 4.30. The topological polar surface area (TPSA) is 80.1 Å². The normalized spacial score (nSPS) is 10.6. The Bertz CT molecular complexity index is 1180. The average molecular weight is 446 g/mol. The van der Waals surface area contributed by atoms with Crippen LogP contribution < -0.4 is 5.32 Å². The molecule has 32 heavy (non-hydrogen) atoms. The molecule has 2 amide bonds. The van der Waals surface area contributed by atoms with Crippen LogP contribution in [0.25, 0.3) is 17.1 Å². The molecule has 1 N–H and O–H groups in total. The summed E-state index contributed by atoms with van der Waals surface area (Å²) < 4.78 is 1.63. The fourth-order valence-corrected chi connectivity index (χ4v) is 3.34. The number of rotatable bonds is 6. The highest BCUT2D eigenvalue weighted by Gasteiger charge is 2.23. The molecule has 4 rings (SSSR count). The van der Waals surface area contributed by atoms with Gasteiger partial charge in [0.1, 0.15) is 0 Å². The van der Waals surface area contributed by atoms with Crippen LogP contribution in [0.4, 0.5) is 5.69 Å².